The number of hydrogen-bond donors (Lipinski definition) is 0. The molecule has 78 valence electrons. The zero-order valence-electron chi connectivity index (χ0n) is 8.87. The van der Waals surface area contributed by atoms with Crippen LogP contribution >= 0.6 is 0 Å². The third-order valence-corrected chi connectivity index (χ3v) is 2.96. The molecule has 0 N–H and O–H groups in total. The Hall–Kier alpha value is -1.12. The van der Waals surface area contributed by atoms with Gasteiger partial charge in [0, 0.05) is 0 Å². The van der Waals surface area contributed by atoms with Crippen LogP contribution in [0.2, 0.25) is 0 Å². The Labute approximate surface area is 84.1 Å². The second kappa shape index (κ2) is 3.95. The SMILES string of the molecule is CCOC(=O)[C@@]1(C)C(=O)C=CC[C@H]1C. The van der Waals surface area contributed by atoms with Gasteiger partial charge >= 0.3 is 5.97 Å². The molecule has 0 aromatic carbocycles. The molecule has 1 rings (SSSR count). The third-order valence-electron chi connectivity index (χ3n) is 2.96. The lowest BCUT2D eigenvalue weighted by Crippen LogP contribution is -2.44. The minimum absolute atomic E-state index is 0.0130. The van der Waals surface area contributed by atoms with Gasteiger partial charge in [-0.25, -0.2) is 0 Å². The summed E-state index contributed by atoms with van der Waals surface area (Å²) in [4.78, 5) is 23.3. The fourth-order valence-electron chi connectivity index (χ4n) is 1.61. The smallest absolute Gasteiger partial charge is 0.319 e. The first kappa shape index (κ1) is 11.0. The highest BCUT2D eigenvalue weighted by Gasteiger charge is 2.46. The molecule has 1 aliphatic carbocycles. The maximum atomic E-state index is 11.7. The van der Waals surface area contributed by atoms with Gasteiger partial charge in [0.15, 0.2) is 5.78 Å². The van der Waals surface area contributed by atoms with Crippen molar-refractivity contribution in [2.75, 3.05) is 6.61 Å². The van der Waals surface area contributed by atoms with E-state index in [0.717, 1.165) is 6.42 Å². The molecule has 0 heterocycles. The number of hydrogen-bond acceptors (Lipinski definition) is 3. The van der Waals surface area contributed by atoms with E-state index in [-0.39, 0.29) is 11.7 Å². The normalized spacial score (nSPS) is 31.6. The number of carbonyl (C=O) groups is 2. The van der Waals surface area contributed by atoms with Gasteiger partial charge in [0.05, 0.1) is 6.61 Å². The Kier molecular flexibility index (Phi) is 3.09. The Bertz CT molecular complexity index is 280. The third kappa shape index (κ3) is 1.59. The molecule has 0 aromatic rings. The van der Waals surface area contributed by atoms with Crippen molar-refractivity contribution in [3.8, 4) is 0 Å². The van der Waals surface area contributed by atoms with E-state index in [1.54, 1.807) is 13.8 Å². The largest absolute Gasteiger partial charge is 0.465 e. The van der Waals surface area contributed by atoms with E-state index in [2.05, 4.69) is 0 Å². The van der Waals surface area contributed by atoms with Crippen molar-refractivity contribution >= 4 is 11.8 Å². The summed E-state index contributed by atoms with van der Waals surface area (Å²) >= 11 is 0. The quantitative estimate of drug-likeness (QED) is 0.499. The molecule has 1 aliphatic rings. The molecule has 0 spiro atoms. The molecule has 2 atom stereocenters. The van der Waals surface area contributed by atoms with Gasteiger partial charge in [-0.15, -0.1) is 0 Å². The van der Waals surface area contributed by atoms with Crippen molar-refractivity contribution in [1.82, 2.24) is 0 Å². The first-order chi connectivity index (χ1) is 6.53. The fraction of sp³-hybridized carbons (Fsp3) is 0.636. The molecule has 0 fully saturated rings. The van der Waals surface area contributed by atoms with Crippen molar-refractivity contribution in [2.24, 2.45) is 11.3 Å². The van der Waals surface area contributed by atoms with E-state index in [1.807, 2.05) is 13.0 Å². The topological polar surface area (TPSA) is 43.4 Å². The molecule has 0 radical (unpaired) electrons. The molecule has 14 heavy (non-hydrogen) atoms. The second-order valence-electron chi connectivity index (χ2n) is 3.83. The van der Waals surface area contributed by atoms with Crippen LogP contribution in [0.25, 0.3) is 0 Å². The lowest BCUT2D eigenvalue weighted by Gasteiger charge is -2.32. The Morgan fingerprint density at radius 1 is 1.71 bits per heavy atom. The Morgan fingerprint density at radius 2 is 2.36 bits per heavy atom. The summed E-state index contributed by atoms with van der Waals surface area (Å²) in [5.74, 6) is -0.532. The number of rotatable bonds is 2. The standard InChI is InChI=1S/C11H16O3/c1-4-14-10(13)11(3)8(2)6-5-7-9(11)12/h5,7-8H,4,6H2,1-3H3/t8-,11-/m1/s1. The van der Waals surface area contributed by atoms with Crippen molar-refractivity contribution < 1.29 is 14.3 Å². The van der Waals surface area contributed by atoms with Crippen LogP contribution in [0.15, 0.2) is 12.2 Å². The van der Waals surface area contributed by atoms with Gasteiger partial charge in [-0.05, 0) is 32.3 Å². The number of allylic oxidation sites excluding steroid dienone is 2. The summed E-state index contributed by atoms with van der Waals surface area (Å²) in [6, 6.07) is 0. The van der Waals surface area contributed by atoms with Crippen LogP contribution < -0.4 is 0 Å². The van der Waals surface area contributed by atoms with E-state index < -0.39 is 11.4 Å². The van der Waals surface area contributed by atoms with Crippen LogP contribution in [0, 0.1) is 11.3 Å². The fourth-order valence-corrected chi connectivity index (χ4v) is 1.61. The zero-order chi connectivity index (χ0) is 10.8. The average molecular weight is 196 g/mol. The summed E-state index contributed by atoms with van der Waals surface area (Å²) in [6.07, 6.45) is 4.05. The lowest BCUT2D eigenvalue weighted by molar-refractivity contribution is -0.161. The Morgan fingerprint density at radius 3 is 2.86 bits per heavy atom. The van der Waals surface area contributed by atoms with Gasteiger partial charge in [0.2, 0.25) is 0 Å². The van der Waals surface area contributed by atoms with Crippen molar-refractivity contribution in [3.05, 3.63) is 12.2 Å². The molecule has 0 saturated heterocycles. The molecule has 0 aliphatic heterocycles. The molecule has 0 saturated carbocycles. The first-order valence-electron chi connectivity index (χ1n) is 4.91. The monoisotopic (exact) mass is 196 g/mol. The highest BCUT2D eigenvalue weighted by atomic mass is 16.5. The van der Waals surface area contributed by atoms with E-state index in [1.165, 1.54) is 6.08 Å². The molecule has 0 amide bonds. The van der Waals surface area contributed by atoms with Crippen LogP contribution in [-0.2, 0) is 14.3 Å². The number of ether oxygens (including phenoxy) is 1. The molecular formula is C11H16O3. The summed E-state index contributed by atoms with van der Waals surface area (Å²) in [5.41, 5.74) is -0.981. The van der Waals surface area contributed by atoms with Crippen LogP contribution in [0.5, 0.6) is 0 Å². The second-order valence-corrected chi connectivity index (χ2v) is 3.83. The molecular weight excluding hydrogens is 180 g/mol. The maximum Gasteiger partial charge on any atom is 0.319 e. The van der Waals surface area contributed by atoms with Crippen LogP contribution in [0.1, 0.15) is 27.2 Å². The van der Waals surface area contributed by atoms with Gasteiger partial charge in [-0.3, -0.25) is 9.59 Å². The molecule has 0 unspecified atom stereocenters. The van der Waals surface area contributed by atoms with Gasteiger partial charge in [0.1, 0.15) is 5.41 Å². The zero-order valence-corrected chi connectivity index (χ0v) is 8.87. The van der Waals surface area contributed by atoms with E-state index in [9.17, 15) is 9.59 Å². The summed E-state index contributed by atoms with van der Waals surface area (Å²) in [6.45, 7) is 5.63. The van der Waals surface area contributed by atoms with E-state index >= 15 is 0 Å². The summed E-state index contributed by atoms with van der Waals surface area (Å²) in [7, 11) is 0. The number of esters is 1. The van der Waals surface area contributed by atoms with E-state index in [0.29, 0.717) is 6.61 Å². The highest BCUT2D eigenvalue weighted by Crippen LogP contribution is 2.36. The highest BCUT2D eigenvalue weighted by molar-refractivity contribution is 6.09. The van der Waals surface area contributed by atoms with Crippen LogP contribution in [0.4, 0.5) is 0 Å². The van der Waals surface area contributed by atoms with Crippen molar-refractivity contribution in [3.63, 3.8) is 0 Å². The van der Waals surface area contributed by atoms with Crippen LogP contribution in [0.3, 0.4) is 0 Å². The van der Waals surface area contributed by atoms with Crippen molar-refractivity contribution in [1.29, 1.82) is 0 Å². The minimum atomic E-state index is -0.981. The molecule has 0 aromatic heterocycles. The van der Waals surface area contributed by atoms with Crippen LogP contribution in [-0.4, -0.2) is 18.4 Å². The summed E-state index contributed by atoms with van der Waals surface area (Å²) in [5, 5.41) is 0. The minimum Gasteiger partial charge on any atom is -0.465 e. The van der Waals surface area contributed by atoms with Gasteiger partial charge < -0.3 is 4.74 Å². The molecule has 3 heteroatoms. The van der Waals surface area contributed by atoms with Gasteiger partial charge in [-0.2, -0.15) is 0 Å². The Balaban J connectivity index is 2.94. The van der Waals surface area contributed by atoms with Crippen molar-refractivity contribution in [2.45, 2.75) is 27.2 Å². The first-order valence-corrected chi connectivity index (χ1v) is 4.91. The summed E-state index contributed by atoms with van der Waals surface area (Å²) < 4.78 is 4.93. The molecule has 0 bridgehead atoms. The average Bonchev–Trinajstić information content (AvgIpc) is 2.14. The number of carbonyl (C=O) groups excluding carboxylic acids is 2. The van der Waals surface area contributed by atoms with E-state index in [4.69, 9.17) is 4.74 Å². The lowest BCUT2D eigenvalue weighted by atomic mass is 9.70. The van der Waals surface area contributed by atoms with Gasteiger partial charge in [-0.1, -0.05) is 13.0 Å². The maximum absolute atomic E-state index is 11.7. The predicted octanol–water partition coefficient (Wildman–Crippen LogP) is 1.72. The molecule has 3 nitrogen and oxygen atoms in total. The number of ketones is 1. The predicted molar refractivity (Wildman–Crippen MR) is 52.7 cm³/mol. The van der Waals surface area contributed by atoms with Gasteiger partial charge in [0.25, 0.3) is 0 Å².